The number of hydrogen-bond acceptors (Lipinski definition) is 4. The van der Waals surface area contributed by atoms with Gasteiger partial charge in [0.15, 0.2) is 0 Å². The van der Waals surface area contributed by atoms with E-state index in [0.29, 0.717) is 19.6 Å². The van der Waals surface area contributed by atoms with Crippen LogP contribution >= 0.6 is 0 Å². The molecule has 0 aliphatic heterocycles. The van der Waals surface area contributed by atoms with Gasteiger partial charge in [0, 0.05) is 13.7 Å². The average Bonchev–Trinajstić information content (AvgIpc) is 2.30. The van der Waals surface area contributed by atoms with E-state index < -0.39 is 11.9 Å². The van der Waals surface area contributed by atoms with Gasteiger partial charge in [0.1, 0.15) is 0 Å². The summed E-state index contributed by atoms with van der Waals surface area (Å²) in [5, 5.41) is 16.8. The van der Waals surface area contributed by atoms with Crippen molar-refractivity contribution in [3.05, 3.63) is 0 Å². The van der Waals surface area contributed by atoms with Crippen LogP contribution in [0.1, 0.15) is 27.2 Å². The van der Waals surface area contributed by atoms with Crippen LogP contribution in [0.3, 0.4) is 0 Å². The average molecular weight is 264 g/mol. The second kappa shape index (κ2) is 12.3. The fourth-order valence-corrected chi connectivity index (χ4v) is 0.945. The lowest BCUT2D eigenvalue weighted by Crippen LogP contribution is -2.18. The van der Waals surface area contributed by atoms with E-state index in [-0.39, 0.29) is 18.4 Å². The van der Waals surface area contributed by atoms with Gasteiger partial charge in [0.2, 0.25) is 0 Å². The quantitative estimate of drug-likeness (QED) is 0.690. The van der Waals surface area contributed by atoms with E-state index >= 15 is 0 Å². The van der Waals surface area contributed by atoms with Crippen molar-refractivity contribution in [1.29, 1.82) is 0 Å². The molecule has 0 saturated carbocycles. The van der Waals surface area contributed by atoms with E-state index in [9.17, 15) is 9.59 Å². The minimum Gasteiger partial charge on any atom is -0.481 e. The van der Waals surface area contributed by atoms with Gasteiger partial charge in [-0.25, -0.2) is 0 Å². The van der Waals surface area contributed by atoms with Gasteiger partial charge in [-0.2, -0.15) is 0 Å². The predicted molar refractivity (Wildman–Crippen MR) is 66.6 cm³/mol. The zero-order chi connectivity index (χ0) is 14.6. The maximum absolute atomic E-state index is 10.4. The molecule has 108 valence electrons. The topological polar surface area (TPSA) is 93.1 Å². The summed E-state index contributed by atoms with van der Waals surface area (Å²) in [6.45, 7) is 6.51. The number of rotatable bonds is 8. The van der Waals surface area contributed by atoms with E-state index in [1.165, 1.54) is 7.11 Å². The van der Waals surface area contributed by atoms with Crippen molar-refractivity contribution in [3.8, 4) is 0 Å². The van der Waals surface area contributed by atoms with E-state index in [4.69, 9.17) is 14.9 Å². The third kappa shape index (κ3) is 11.3. The molecule has 0 saturated heterocycles. The molecule has 2 unspecified atom stereocenters. The highest BCUT2D eigenvalue weighted by atomic mass is 16.5. The molecule has 6 heteroatoms. The first-order valence-corrected chi connectivity index (χ1v) is 5.92. The summed E-state index contributed by atoms with van der Waals surface area (Å²) in [6.07, 6.45) is 0.634. The Labute approximate surface area is 108 Å². The Kier molecular flexibility index (Phi) is 13.1. The third-order valence-corrected chi connectivity index (χ3v) is 2.20. The normalized spacial score (nSPS) is 13.1. The maximum Gasteiger partial charge on any atom is 0.308 e. The monoisotopic (exact) mass is 264 g/mol. The molecule has 0 spiro atoms. The molecule has 0 aromatic heterocycles. The molecule has 6 nitrogen and oxygen atoms in total. The lowest BCUT2D eigenvalue weighted by molar-refractivity contribution is -0.144. The van der Waals surface area contributed by atoms with Crippen molar-refractivity contribution in [3.63, 3.8) is 0 Å². The molecule has 0 radical (unpaired) electrons. The summed E-state index contributed by atoms with van der Waals surface area (Å²) >= 11 is 0. The van der Waals surface area contributed by atoms with Crippen LogP contribution in [0.25, 0.3) is 0 Å². The zero-order valence-corrected chi connectivity index (χ0v) is 11.5. The van der Waals surface area contributed by atoms with Crippen LogP contribution in [0.5, 0.6) is 0 Å². The van der Waals surface area contributed by atoms with Gasteiger partial charge in [-0.3, -0.25) is 9.59 Å². The molecule has 2 atom stereocenters. The van der Waals surface area contributed by atoms with Crippen LogP contribution in [0.4, 0.5) is 0 Å². The predicted octanol–water partition coefficient (Wildman–Crippen LogP) is 1.49. The molecule has 0 rings (SSSR count). The molecular weight excluding hydrogens is 240 g/mol. The fourth-order valence-electron chi connectivity index (χ4n) is 0.945. The molecule has 18 heavy (non-hydrogen) atoms. The van der Waals surface area contributed by atoms with E-state index in [0.717, 1.165) is 0 Å². The van der Waals surface area contributed by atoms with Crippen molar-refractivity contribution >= 4 is 11.9 Å². The Morgan fingerprint density at radius 3 is 1.89 bits per heavy atom. The molecule has 0 heterocycles. The summed E-state index contributed by atoms with van der Waals surface area (Å²) in [4.78, 5) is 20.4. The first-order valence-electron chi connectivity index (χ1n) is 5.92. The molecule has 0 fully saturated rings. The number of carboxylic acid groups (broad SMARTS) is 2. The van der Waals surface area contributed by atoms with Crippen LogP contribution in [-0.4, -0.2) is 49.1 Å². The minimum atomic E-state index is -0.813. The van der Waals surface area contributed by atoms with Gasteiger partial charge in [-0.1, -0.05) is 6.92 Å². The van der Waals surface area contributed by atoms with Gasteiger partial charge in [-0.15, -0.1) is 0 Å². The van der Waals surface area contributed by atoms with E-state index in [2.05, 4.69) is 4.74 Å². The summed E-state index contributed by atoms with van der Waals surface area (Å²) in [6, 6.07) is 0. The van der Waals surface area contributed by atoms with Crippen molar-refractivity contribution < 1.29 is 29.3 Å². The Balaban J connectivity index is 0. The van der Waals surface area contributed by atoms with Crippen molar-refractivity contribution in [2.75, 3.05) is 26.9 Å². The zero-order valence-electron chi connectivity index (χ0n) is 11.5. The molecule has 0 aromatic carbocycles. The Morgan fingerprint density at radius 1 is 1.11 bits per heavy atom. The number of carboxylic acids is 2. The number of hydrogen-bond donors (Lipinski definition) is 2. The summed E-state index contributed by atoms with van der Waals surface area (Å²) in [5.41, 5.74) is 0. The molecule has 0 aliphatic rings. The summed E-state index contributed by atoms with van der Waals surface area (Å²) in [5.74, 6) is -2.30. The van der Waals surface area contributed by atoms with Crippen molar-refractivity contribution in [2.45, 2.75) is 27.2 Å². The molecule has 0 aromatic rings. The first kappa shape index (κ1) is 19.2. The van der Waals surface area contributed by atoms with Crippen LogP contribution in [0.15, 0.2) is 0 Å². The molecule has 0 aliphatic carbocycles. The lowest BCUT2D eigenvalue weighted by Gasteiger charge is -2.07. The van der Waals surface area contributed by atoms with Gasteiger partial charge in [0.25, 0.3) is 0 Å². The van der Waals surface area contributed by atoms with E-state index in [1.54, 1.807) is 6.92 Å². The lowest BCUT2D eigenvalue weighted by atomic mass is 10.1. The third-order valence-electron chi connectivity index (χ3n) is 2.20. The number of aliphatic carboxylic acids is 2. The second-order valence-corrected chi connectivity index (χ2v) is 3.80. The fraction of sp³-hybridized carbons (Fsp3) is 0.833. The van der Waals surface area contributed by atoms with Crippen molar-refractivity contribution in [1.82, 2.24) is 0 Å². The highest BCUT2D eigenvalue weighted by Gasteiger charge is 2.13. The Morgan fingerprint density at radius 2 is 1.67 bits per heavy atom. The number of ether oxygens (including phenoxy) is 2. The summed E-state index contributed by atoms with van der Waals surface area (Å²) < 4.78 is 9.55. The number of methoxy groups -OCH3 is 1. The summed E-state index contributed by atoms with van der Waals surface area (Å²) in [7, 11) is 1.49. The van der Waals surface area contributed by atoms with Gasteiger partial charge in [0.05, 0.1) is 25.0 Å². The van der Waals surface area contributed by atoms with Crippen LogP contribution in [-0.2, 0) is 19.1 Å². The van der Waals surface area contributed by atoms with Crippen LogP contribution in [0, 0.1) is 11.8 Å². The first-order chi connectivity index (χ1) is 8.40. The molecular formula is C12H24O6. The number of carbonyl (C=O) groups is 2. The maximum atomic E-state index is 10.4. The van der Waals surface area contributed by atoms with Gasteiger partial charge in [-0.05, 0) is 20.3 Å². The standard InChI is InChI=1S/C7H14O3.C5H10O3/c1-3-6(7(8)9)5-10-4-2;1-4(3-8-2)5(6)7/h6H,3-5H2,1-2H3,(H,8,9);4H,3H2,1-2H3,(H,6,7). The van der Waals surface area contributed by atoms with Crippen LogP contribution < -0.4 is 0 Å². The van der Waals surface area contributed by atoms with Gasteiger partial charge >= 0.3 is 11.9 Å². The van der Waals surface area contributed by atoms with Crippen molar-refractivity contribution in [2.24, 2.45) is 11.8 Å². The van der Waals surface area contributed by atoms with Crippen LogP contribution in [0.2, 0.25) is 0 Å². The molecule has 0 bridgehead atoms. The highest BCUT2D eigenvalue weighted by molar-refractivity contribution is 5.70. The molecule has 2 N–H and O–H groups in total. The minimum absolute atomic E-state index is 0.287. The Hall–Kier alpha value is -1.14. The second-order valence-electron chi connectivity index (χ2n) is 3.80. The Bertz CT molecular complexity index is 229. The largest absolute Gasteiger partial charge is 0.481 e. The highest BCUT2D eigenvalue weighted by Crippen LogP contribution is 2.02. The SMILES string of the molecule is CCOCC(CC)C(=O)O.COCC(C)C(=O)O. The van der Waals surface area contributed by atoms with E-state index in [1.807, 2.05) is 13.8 Å². The molecule has 0 amide bonds. The van der Waals surface area contributed by atoms with Gasteiger partial charge < -0.3 is 19.7 Å². The smallest absolute Gasteiger partial charge is 0.308 e.